The lowest BCUT2D eigenvalue weighted by molar-refractivity contribution is -0.140. The molecule has 0 radical (unpaired) electrons. The molecule has 1 aromatic rings. The maximum Gasteiger partial charge on any atom is 0.330 e. The van der Waals surface area contributed by atoms with E-state index in [1.165, 1.54) is 13.1 Å². The largest absolute Gasteiger partial charge is 0.390 e. The summed E-state index contributed by atoms with van der Waals surface area (Å²) < 4.78 is 4.04. The molecule has 0 bridgehead atoms. The molecule has 0 aliphatic carbocycles. The SMILES string of the molecule is Cc1cn([C@H]2C[C@H](O)[C@@H](C(O)C(=O)C(Cl)(Cl)Cl)O2)c(=O)[nH]c1=O. The van der Waals surface area contributed by atoms with Gasteiger partial charge in [-0.3, -0.25) is 19.1 Å². The van der Waals surface area contributed by atoms with Crippen molar-refractivity contribution in [2.45, 2.75) is 41.7 Å². The number of aromatic nitrogens is 2. The van der Waals surface area contributed by atoms with Crippen molar-refractivity contribution in [3.63, 3.8) is 0 Å². The first-order chi connectivity index (χ1) is 10.5. The van der Waals surface area contributed by atoms with Crippen LogP contribution in [-0.2, 0) is 9.53 Å². The zero-order valence-corrected chi connectivity index (χ0v) is 14.0. The third-order valence-electron chi connectivity index (χ3n) is 3.45. The van der Waals surface area contributed by atoms with Gasteiger partial charge in [0.25, 0.3) is 9.35 Å². The second kappa shape index (κ2) is 6.54. The van der Waals surface area contributed by atoms with Crippen LogP contribution in [-0.4, -0.2) is 47.7 Å². The van der Waals surface area contributed by atoms with Crippen molar-refractivity contribution in [2.75, 3.05) is 0 Å². The van der Waals surface area contributed by atoms with Crippen LogP contribution in [0.3, 0.4) is 0 Å². The van der Waals surface area contributed by atoms with Crippen LogP contribution in [0.2, 0.25) is 0 Å². The summed E-state index contributed by atoms with van der Waals surface area (Å²) in [5.74, 6) is -1.16. The number of aromatic amines is 1. The Morgan fingerprint density at radius 1 is 1.48 bits per heavy atom. The monoisotopic (exact) mass is 386 g/mol. The van der Waals surface area contributed by atoms with Crippen molar-refractivity contribution in [1.29, 1.82) is 0 Å². The molecule has 1 aliphatic heterocycles. The number of hydrogen-bond donors (Lipinski definition) is 3. The molecule has 1 unspecified atom stereocenters. The number of carbonyl (C=O) groups is 1. The minimum absolute atomic E-state index is 0.0970. The van der Waals surface area contributed by atoms with Crippen LogP contribution in [0.15, 0.2) is 15.8 Å². The van der Waals surface area contributed by atoms with E-state index in [9.17, 15) is 24.6 Å². The molecule has 0 spiro atoms. The van der Waals surface area contributed by atoms with Gasteiger partial charge in [-0.25, -0.2) is 4.79 Å². The molecular formula is C12H13Cl3N2O6. The highest BCUT2D eigenvalue weighted by Crippen LogP contribution is 2.34. The lowest BCUT2D eigenvalue weighted by Crippen LogP contribution is -2.45. The van der Waals surface area contributed by atoms with Gasteiger partial charge >= 0.3 is 5.69 Å². The van der Waals surface area contributed by atoms with E-state index in [0.717, 1.165) is 4.57 Å². The van der Waals surface area contributed by atoms with Crippen molar-refractivity contribution < 1.29 is 19.7 Å². The van der Waals surface area contributed by atoms with Crippen molar-refractivity contribution in [3.8, 4) is 0 Å². The quantitative estimate of drug-likeness (QED) is 0.617. The molecule has 4 atom stereocenters. The minimum Gasteiger partial charge on any atom is -0.390 e. The van der Waals surface area contributed by atoms with E-state index >= 15 is 0 Å². The second-order valence-electron chi connectivity index (χ2n) is 5.14. The number of alkyl halides is 3. The molecule has 128 valence electrons. The Kier molecular flexibility index (Phi) is 5.24. The molecule has 8 nitrogen and oxygen atoms in total. The molecule has 11 heteroatoms. The van der Waals surface area contributed by atoms with Crippen LogP contribution in [0.1, 0.15) is 18.2 Å². The summed E-state index contributed by atoms with van der Waals surface area (Å²) in [6.07, 6.45) is -4.37. The van der Waals surface area contributed by atoms with Crippen molar-refractivity contribution in [2.24, 2.45) is 0 Å². The number of halogens is 3. The molecule has 3 N–H and O–H groups in total. The van der Waals surface area contributed by atoms with Gasteiger partial charge in [0, 0.05) is 18.2 Å². The molecule has 0 amide bonds. The number of carbonyl (C=O) groups excluding carboxylic acids is 1. The maximum absolute atomic E-state index is 11.8. The van der Waals surface area contributed by atoms with E-state index < -0.39 is 45.4 Å². The highest BCUT2D eigenvalue weighted by atomic mass is 35.6. The minimum atomic E-state index is -2.37. The summed E-state index contributed by atoms with van der Waals surface area (Å²) in [5.41, 5.74) is -1.04. The number of Topliss-reactive ketones (excluding diaryl/α,β-unsaturated/α-hetero) is 1. The van der Waals surface area contributed by atoms with E-state index in [1.807, 2.05) is 0 Å². The van der Waals surface area contributed by atoms with Crippen LogP contribution in [0.25, 0.3) is 0 Å². The van der Waals surface area contributed by atoms with E-state index in [4.69, 9.17) is 39.5 Å². The average molecular weight is 388 g/mol. The normalized spacial score (nSPS) is 26.3. The number of nitrogens with one attached hydrogen (secondary N) is 1. The maximum atomic E-state index is 11.8. The molecule has 1 aromatic heterocycles. The van der Waals surface area contributed by atoms with Gasteiger partial charge in [0.1, 0.15) is 18.4 Å². The van der Waals surface area contributed by atoms with Crippen LogP contribution in [0.4, 0.5) is 0 Å². The summed E-state index contributed by atoms with van der Waals surface area (Å²) in [4.78, 5) is 37.0. The van der Waals surface area contributed by atoms with Crippen molar-refractivity contribution >= 4 is 40.6 Å². The summed E-state index contributed by atoms with van der Waals surface area (Å²) >= 11 is 16.2. The molecule has 2 rings (SSSR count). The molecule has 0 saturated carbocycles. The van der Waals surface area contributed by atoms with Crippen LogP contribution >= 0.6 is 34.8 Å². The summed E-state index contributed by atoms with van der Waals surface area (Å²) in [7, 11) is 0. The highest BCUT2D eigenvalue weighted by Gasteiger charge is 2.47. The van der Waals surface area contributed by atoms with Gasteiger partial charge in [-0.1, -0.05) is 34.8 Å². The number of hydrogen-bond acceptors (Lipinski definition) is 6. The van der Waals surface area contributed by atoms with E-state index in [-0.39, 0.29) is 12.0 Å². The standard InChI is InChI=1S/C12H13Cl3N2O6/c1-4-3-17(11(22)16-10(4)21)6-2-5(18)8(23-6)7(19)9(20)12(13,14)15/h3,5-8,18-19H,2H2,1H3,(H,16,21,22)/t5-,6+,7?,8-/m0/s1. The van der Waals surface area contributed by atoms with Gasteiger partial charge < -0.3 is 14.9 Å². The van der Waals surface area contributed by atoms with Crippen LogP contribution in [0, 0.1) is 6.92 Å². The number of aliphatic hydroxyl groups excluding tert-OH is 2. The predicted octanol–water partition coefficient (Wildman–Crippen LogP) is -0.206. The predicted molar refractivity (Wildman–Crippen MR) is 81.9 cm³/mol. The molecule has 2 heterocycles. The fourth-order valence-corrected chi connectivity index (χ4v) is 2.58. The fraction of sp³-hybridized carbons (Fsp3) is 0.583. The van der Waals surface area contributed by atoms with Crippen molar-refractivity contribution in [1.82, 2.24) is 9.55 Å². The van der Waals surface area contributed by atoms with Gasteiger partial charge in [-0.15, -0.1) is 0 Å². The first-order valence-corrected chi connectivity index (χ1v) is 7.60. The molecule has 0 aromatic carbocycles. The number of rotatable bonds is 3. The molecular weight excluding hydrogens is 374 g/mol. The van der Waals surface area contributed by atoms with Crippen LogP contribution < -0.4 is 11.2 Å². The number of aryl methyl sites for hydroxylation is 1. The first-order valence-electron chi connectivity index (χ1n) is 6.47. The number of nitrogens with zero attached hydrogens (tertiary/aromatic N) is 1. The first kappa shape index (κ1) is 18.4. The number of H-pyrrole nitrogens is 1. The molecule has 1 fully saturated rings. The van der Waals surface area contributed by atoms with Gasteiger partial charge in [0.2, 0.25) is 5.78 Å². The average Bonchev–Trinajstić information content (AvgIpc) is 2.82. The Bertz CT molecular complexity index is 725. The molecule has 1 saturated heterocycles. The Morgan fingerprint density at radius 2 is 2.09 bits per heavy atom. The smallest absolute Gasteiger partial charge is 0.330 e. The molecule has 1 aliphatic rings. The van der Waals surface area contributed by atoms with Gasteiger partial charge in [0.15, 0.2) is 0 Å². The number of aliphatic hydroxyl groups is 2. The Morgan fingerprint density at radius 3 is 2.65 bits per heavy atom. The van der Waals surface area contributed by atoms with E-state index in [1.54, 1.807) is 0 Å². The molecule has 23 heavy (non-hydrogen) atoms. The summed E-state index contributed by atoms with van der Waals surface area (Å²) in [6.45, 7) is 1.48. The zero-order valence-electron chi connectivity index (χ0n) is 11.7. The second-order valence-corrected chi connectivity index (χ2v) is 7.43. The Hall–Kier alpha value is -0.900. The van der Waals surface area contributed by atoms with Gasteiger partial charge in [0.05, 0.1) is 6.10 Å². The number of ether oxygens (including phenoxy) is 1. The van der Waals surface area contributed by atoms with Crippen LogP contribution in [0.5, 0.6) is 0 Å². The Labute approximate surface area is 144 Å². The highest BCUT2D eigenvalue weighted by molar-refractivity contribution is 6.76. The summed E-state index contributed by atoms with van der Waals surface area (Å²) in [6, 6.07) is 0. The third-order valence-corrected chi connectivity index (χ3v) is 4.01. The fourth-order valence-electron chi connectivity index (χ4n) is 2.25. The number of ketones is 1. The summed E-state index contributed by atoms with van der Waals surface area (Å²) in [5, 5.41) is 19.9. The third kappa shape index (κ3) is 3.78. The topological polar surface area (TPSA) is 122 Å². The van der Waals surface area contributed by atoms with E-state index in [2.05, 4.69) is 4.98 Å². The lowest BCUT2D eigenvalue weighted by Gasteiger charge is -2.23. The Balaban J connectivity index is 2.25. The lowest BCUT2D eigenvalue weighted by atomic mass is 10.0. The van der Waals surface area contributed by atoms with Gasteiger partial charge in [-0.05, 0) is 6.92 Å². The zero-order chi connectivity index (χ0) is 17.5. The van der Waals surface area contributed by atoms with E-state index in [0.29, 0.717) is 0 Å². The van der Waals surface area contributed by atoms with Crippen molar-refractivity contribution in [3.05, 3.63) is 32.6 Å². The van der Waals surface area contributed by atoms with Gasteiger partial charge in [-0.2, -0.15) is 0 Å².